The third-order valence-electron chi connectivity index (χ3n) is 1.84. The lowest BCUT2D eigenvalue weighted by atomic mass is 10.2. The summed E-state index contributed by atoms with van der Waals surface area (Å²) in [5.74, 6) is -0.581. The second kappa shape index (κ2) is 5.28. The van der Waals surface area contributed by atoms with Crippen LogP contribution in [0.25, 0.3) is 0 Å². The molecule has 0 aliphatic heterocycles. The Labute approximate surface area is 96.6 Å². The van der Waals surface area contributed by atoms with Gasteiger partial charge in [0.05, 0.1) is 19.1 Å². The van der Waals surface area contributed by atoms with Crippen molar-refractivity contribution >= 4 is 17.7 Å². The van der Waals surface area contributed by atoms with Gasteiger partial charge in [0.25, 0.3) is 0 Å². The van der Waals surface area contributed by atoms with E-state index in [-0.39, 0.29) is 11.3 Å². The maximum absolute atomic E-state index is 11.3. The van der Waals surface area contributed by atoms with E-state index in [1.54, 1.807) is 0 Å². The van der Waals surface area contributed by atoms with E-state index in [0.717, 1.165) is 11.8 Å². The lowest BCUT2D eigenvalue weighted by Gasteiger charge is -2.08. The van der Waals surface area contributed by atoms with Crippen LogP contribution in [0.5, 0.6) is 11.5 Å². The molecule has 1 aromatic rings. The van der Waals surface area contributed by atoms with Gasteiger partial charge in [-0.05, 0) is 17.8 Å². The van der Waals surface area contributed by atoms with E-state index in [9.17, 15) is 9.90 Å². The van der Waals surface area contributed by atoms with Gasteiger partial charge in [-0.25, -0.2) is 4.79 Å². The molecule has 0 bridgehead atoms. The number of thiocyanates is 1. The van der Waals surface area contributed by atoms with Gasteiger partial charge in [-0.3, -0.25) is 0 Å². The number of methoxy groups -OCH3 is 2. The van der Waals surface area contributed by atoms with Gasteiger partial charge in [-0.2, -0.15) is 5.26 Å². The molecule has 0 aromatic heterocycles. The molecule has 0 atom stereocenters. The van der Waals surface area contributed by atoms with Crippen molar-refractivity contribution in [1.29, 1.82) is 5.26 Å². The predicted molar refractivity (Wildman–Crippen MR) is 57.5 cm³/mol. The molecule has 1 N–H and O–H groups in total. The molecule has 0 saturated heterocycles. The summed E-state index contributed by atoms with van der Waals surface area (Å²) in [6, 6.07) is 2.62. The van der Waals surface area contributed by atoms with Gasteiger partial charge in [-0.1, -0.05) is 0 Å². The number of phenols is 1. The Morgan fingerprint density at radius 3 is 2.69 bits per heavy atom. The lowest BCUT2D eigenvalue weighted by molar-refractivity contribution is 0.0597. The summed E-state index contributed by atoms with van der Waals surface area (Å²) < 4.78 is 9.45. The van der Waals surface area contributed by atoms with Crippen molar-refractivity contribution in [2.75, 3.05) is 14.2 Å². The van der Waals surface area contributed by atoms with Crippen molar-refractivity contribution in [2.45, 2.75) is 4.90 Å². The van der Waals surface area contributed by atoms with Crippen LogP contribution in [0.15, 0.2) is 17.0 Å². The number of hydrogen-bond acceptors (Lipinski definition) is 6. The van der Waals surface area contributed by atoms with E-state index in [4.69, 9.17) is 10.00 Å². The Morgan fingerprint density at radius 1 is 1.50 bits per heavy atom. The number of benzene rings is 1. The van der Waals surface area contributed by atoms with Gasteiger partial charge in [0.15, 0.2) is 0 Å². The molecule has 0 aliphatic rings. The van der Waals surface area contributed by atoms with Crippen molar-refractivity contribution < 1.29 is 19.4 Å². The van der Waals surface area contributed by atoms with Crippen molar-refractivity contribution in [1.82, 2.24) is 0 Å². The van der Waals surface area contributed by atoms with Crippen LogP contribution >= 0.6 is 11.8 Å². The molecule has 5 nitrogen and oxygen atoms in total. The van der Waals surface area contributed by atoms with Crippen molar-refractivity contribution in [2.24, 2.45) is 0 Å². The highest BCUT2D eigenvalue weighted by atomic mass is 32.2. The molecular formula is C10H9NO4S. The van der Waals surface area contributed by atoms with Gasteiger partial charge in [0.2, 0.25) is 0 Å². The number of thioether (sulfide) groups is 1. The van der Waals surface area contributed by atoms with Crippen LogP contribution in [0.4, 0.5) is 0 Å². The van der Waals surface area contributed by atoms with Crippen LogP contribution in [0.1, 0.15) is 10.4 Å². The minimum absolute atomic E-state index is 0.000972. The fraction of sp³-hybridized carbons (Fsp3) is 0.200. The number of carbonyl (C=O) groups excluding carboxylic acids is 1. The first-order chi connectivity index (χ1) is 7.63. The van der Waals surface area contributed by atoms with Gasteiger partial charge in [0.1, 0.15) is 22.5 Å². The second-order valence-electron chi connectivity index (χ2n) is 2.71. The number of carbonyl (C=O) groups is 1. The molecule has 0 unspecified atom stereocenters. The molecule has 6 heteroatoms. The Bertz CT molecular complexity index is 453. The van der Waals surface area contributed by atoms with Crippen LogP contribution < -0.4 is 4.74 Å². The topological polar surface area (TPSA) is 79.6 Å². The van der Waals surface area contributed by atoms with E-state index < -0.39 is 5.97 Å². The molecule has 0 aliphatic carbocycles. The summed E-state index contributed by atoms with van der Waals surface area (Å²) in [6.07, 6.45) is 0. The highest BCUT2D eigenvalue weighted by Crippen LogP contribution is 2.34. The van der Waals surface area contributed by atoms with E-state index in [0.29, 0.717) is 10.6 Å². The first-order valence-corrected chi connectivity index (χ1v) is 5.01. The number of nitrogens with zero attached hydrogens (tertiary/aromatic N) is 1. The molecule has 1 rings (SSSR count). The van der Waals surface area contributed by atoms with E-state index in [2.05, 4.69) is 4.74 Å². The standard InChI is InChI=1S/C10H9NO4S/c1-14-8-4-7(12)6(10(13)15-2)3-9(8)16-5-11/h3-4,12H,1-2H3. The average molecular weight is 239 g/mol. The van der Waals surface area contributed by atoms with Gasteiger partial charge < -0.3 is 14.6 Å². The fourth-order valence-electron chi connectivity index (χ4n) is 1.11. The third-order valence-corrected chi connectivity index (χ3v) is 2.47. The predicted octanol–water partition coefficient (Wildman–Crippen LogP) is 1.76. The molecule has 84 valence electrons. The first-order valence-electron chi connectivity index (χ1n) is 4.19. The second-order valence-corrected chi connectivity index (χ2v) is 3.53. The van der Waals surface area contributed by atoms with E-state index in [1.807, 2.05) is 5.40 Å². The van der Waals surface area contributed by atoms with Crippen LogP contribution in [0.2, 0.25) is 0 Å². The molecule has 0 radical (unpaired) electrons. The highest BCUT2D eigenvalue weighted by molar-refractivity contribution is 8.03. The quantitative estimate of drug-likeness (QED) is 0.492. The lowest BCUT2D eigenvalue weighted by Crippen LogP contribution is -2.02. The van der Waals surface area contributed by atoms with Crippen molar-refractivity contribution in [3.63, 3.8) is 0 Å². The van der Waals surface area contributed by atoms with Crippen LogP contribution in [0.3, 0.4) is 0 Å². The SMILES string of the molecule is COC(=O)c1cc(SC#N)c(OC)cc1O. The van der Waals surface area contributed by atoms with Gasteiger partial charge in [0, 0.05) is 6.07 Å². The number of aromatic hydroxyl groups is 1. The number of esters is 1. The van der Waals surface area contributed by atoms with Gasteiger partial charge >= 0.3 is 5.97 Å². The summed E-state index contributed by atoms with van der Waals surface area (Å²) in [5, 5.41) is 20.0. The molecule has 0 saturated carbocycles. The summed E-state index contributed by atoms with van der Waals surface area (Å²) in [6.45, 7) is 0. The van der Waals surface area contributed by atoms with Crippen LogP contribution in [0, 0.1) is 10.7 Å². The van der Waals surface area contributed by atoms with Gasteiger partial charge in [-0.15, -0.1) is 0 Å². The largest absolute Gasteiger partial charge is 0.507 e. The zero-order valence-electron chi connectivity index (χ0n) is 8.68. The third kappa shape index (κ3) is 2.38. The Balaban J connectivity index is 3.28. The average Bonchev–Trinajstić information content (AvgIpc) is 2.30. The maximum Gasteiger partial charge on any atom is 0.341 e. The van der Waals surface area contributed by atoms with Crippen molar-refractivity contribution in [3.05, 3.63) is 17.7 Å². The summed E-state index contributed by atoms with van der Waals surface area (Å²) >= 11 is 0.839. The van der Waals surface area contributed by atoms with Crippen molar-refractivity contribution in [3.8, 4) is 16.9 Å². The first kappa shape index (κ1) is 12.2. The zero-order valence-corrected chi connectivity index (χ0v) is 9.50. The van der Waals surface area contributed by atoms with Crippen LogP contribution in [-0.4, -0.2) is 25.3 Å². The number of nitriles is 1. The molecule has 16 heavy (non-hydrogen) atoms. The van der Waals surface area contributed by atoms with E-state index >= 15 is 0 Å². The zero-order chi connectivity index (χ0) is 12.1. The summed E-state index contributed by atoms with van der Waals surface area (Å²) in [7, 11) is 2.62. The van der Waals surface area contributed by atoms with Crippen LogP contribution in [-0.2, 0) is 4.74 Å². The fourth-order valence-corrected chi connectivity index (χ4v) is 1.63. The molecule has 1 aromatic carbocycles. The minimum atomic E-state index is -0.667. The number of rotatable bonds is 3. The Kier molecular flexibility index (Phi) is 4.03. The Morgan fingerprint density at radius 2 is 2.19 bits per heavy atom. The number of phenolic OH excluding ortho intramolecular Hbond substituents is 1. The monoisotopic (exact) mass is 239 g/mol. The number of hydrogen-bond donors (Lipinski definition) is 1. The minimum Gasteiger partial charge on any atom is -0.507 e. The summed E-state index contributed by atoms with van der Waals surface area (Å²) in [5.41, 5.74) is 0.000972. The van der Waals surface area contributed by atoms with E-state index in [1.165, 1.54) is 26.4 Å². The molecule has 0 amide bonds. The highest BCUT2D eigenvalue weighted by Gasteiger charge is 2.16. The molecule has 0 heterocycles. The molecular weight excluding hydrogens is 230 g/mol. The normalized spacial score (nSPS) is 9.31. The smallest absolute Gasteiger partial charge is 0.341 e. The molecule has 0 spiro atoms. The number of ether oxygens (including phenoxy) is 2. The maximum atomic E-state index is 11.3. The summed E-state index contributed by atoms with van der Waals surface area (Å²) in [4.78, 5) is 11.7. The molecule has 0 fully saturated rings. The Hall–Kier alpha value is -1.87.